The van der Waals surface area contributed by atoms with Crippen molar-refractivity contribution in [3.63, 3.8) is 0 Å². The Hall–Kier alpha value is -2.20. The third kappa shape index (κ3) is 1.87. The summed E-state index contributed by atoms with van der Waals surface area (Å²) in [5.74, 6) is 1.25. The lowest BCUT2D eigenvalue weighted by molar-refractivity contribution is 0.515. The van der Waals surface area contributed by atoms with Crippen molar-refractivity contribution in [1.82, 2.24) is 9.97 Å². The van der Waals surface area contributed by atoms with Crippen molar-refractivity contribution in [2.45, 2.75) is 13.0 Å². The van der Waals surface area contributed by atoms with E-state index in [2.05, 4.69) is 9.97 Å². The molecule has 0 saturated heterocycles. The molecule has 1 atom stereocenters. The highest BCUT2D eigenvalue weighted by Crippen LogP contribution is 2.24. The molecule has 2 heterocycles. The third-order valence-corrected chi connectivity index (χ3v) is 2.83. The molecule has 2 N–H and O–H groups in total. The molecule has 3 rings (SSSR count). The minimum Gasteiger partial charge on any atom is -0.459 e. The van der Waals surface area contributed by atoms with E-state index in [9.17, 15) is 0 Å². The van der Waals surface area contributed by atoms with Crippen LogP contribution in [0.25, 0.3) is 11.0 Å². The number of nitrogens with zero attached hydrogens (tertiary/aromatic N) is 2. The monoisotopic (exact) mass is 239 g/mol. The van der Waals surface area contributed by atoms with Crippen LogP contribution in [0.15, 0.2) is 47.1 Å². The van der Waals surface area contributed by atoms with Crippen molar-refractivity contribution in [2.24, 2.45) is 5.73 Å². The largest absolute Gasteiger partial charge is 0.459 e. The zero-order chi connectivity index (χ0) is 12.5. The lowest BCUT2D eigenvalue weighted by Crippen LogP contribution is -2.14. The Morgan fingerprint density at radius 1 is 1.17 bits per heavy atom. The molecule has 0 fully saturated rings. The van der Waals surface area contributed by atoms with Gasteiger partial charge in [-0.3, -0.25) is 0 Å². The maximum atomic E-state index is 6.11. The molecule has 0 aliphatic carbocycles. The molecule has 0 bridgehead atoms. The Morgan fingerprint density at radius 2 is 1.89 bits per heavy atom. The van der Waals surface area contributed by atoms with E-state index < -0.39 is 6.04 Å². The van der Waals surface area contributed by atoms with Crippen molar-refractivity contribution < 1.29 is 4.42 Å². The van der Waals surface area contributed by atoms with Gasteiger partial charge in [-0.15, -0.1) is 0 Å². The van der Waals surface area contributed by atoms with E-state index in [0.717, 1.165) is 16.5 Å². The summed E-state index contributed by atoms with van der Waals surface area (Å²) in [5, 5.41) is 1.04. The molecule has 90 valence electrons. The number of aryl methyl sites for hydroxylation is 1. The number of rotatable bonds is 2. The van der Waals surface area contributed by atoms with Gasteiger partial charge in [-0.25, -0.2) is 9.97 Å². The summed E-state index contributed by atoms with van der Waals surface area (Å²) in [5.41, 5.74) is 7.95. The highest BCUT2D eigenvalue weighted by atomic mass is 16.3. The predicted octanol–water partition coefficient (Wildman–Crippen LogP) is 2.58. The number of aromatic nitrogens is 2. The first-order valence-corrected chi connectivity index (χ1v) is 5.76. The molecule has 0 aliphatic rings. The molecule has 4 nitrogen and oxygen atoms in total. The second kappa shape index (κ2) is 4.23. The molecular formula is C14H13N3O. The van der Waals surface area contributed by atoms with E-state index in [1.807, 2.05) is 37.3 Å². The topological polar surface area (TPSA) is 64.9 Å². The fourth-order valence-electron chi connectivity index (χ4n) is 1.85. The van der Waals surface area contributed by atoms with Gasteiger partial charge in [0.15, 0.2) is 5.82 Å². The Balaban J connectivity index is 2.00. The van der Waals surface area contributed by atoms with Crippen LogP contribution in [-0.4, -0.2) is 9.97 Å². The van der Waals surface area contributed by atoms with Crippen LogP contribution in [0.2, 0.25) is 0 Å². The summed E-state index contributed by atoms with van der Waals surface area (Å²) in [6.45, 7) is 1.94. The van der Waals surface area contributed by atoms with Gasteiger partial charge in [0.25, 0.3) is 0 Å². The molecule has 0 aliphatic heterocycles. The van der Waals surface area contributed by atoms with Crippen molar-refractivity contribution in [3.8, 4) is 0 Å². The van der Waals surface area contributed by atoms with Crippen LogP contribution in [0.4, 0.5) is 0 Å². The second-order valence-corrected chi connectivity index (χ2v) is 4.28. The van der Waals surface area contributed by atoms with Gasteiger partial charge in [0.1, 0.15) is 17.4 Å². The van der Waals surface area contributed by atoms with Crippen molar-refractivity contribution in [1.29, 1.82) is 0 Å². The second-order valence-electron chi connectivity index (χ2n) is 4.28. The maximum absolute atomic E-state index is 6.11. The molecule has 2 aromatic heterocycles. The van der Waals surface area contributed by atoms with Crippen LogP contribution < -0.4 is 5.73 Å². The fraction of sp³-hybridized carbons (Fsp3) is 0.143. The van der Waals surface area contributed by atoms with Crippen LogP contribution in [0.1, 0.15) is 23.2 Å². The number of hydrogen-bond donors (Lipinski definition) is 1. The van der Waals surface area contributed by atoms with Gasteiger partial charge in [0.05, 0.1) is 0 Å². The fourth-order valence-corrected chi connectivity index (χ4v) is 1.85. The summed E-state index contributed by atoms with van der Waals surface area (Å²) < 4.78 is 5.71. The molecule has 4 heteroatoms. The average Bonchev–Trinajstić information content (AvgIpc) is 2.82. The molecule has 18 heavy (non-hydrogen) atoms. The molecule has 0 radical (unpaired) electrons. The summed E-state index contributed by atoms with van der Waals surface area (Å²) in [6.07, 6.45) is 3.51. The molecular weight excluding hydrogens is 226 g/mol. The van der Waals surface area contributed by atoms with Crippen LogP contribution in [-0.2, 0) is 0 Å². The van der Waals surface area contributed by atoms with Crippen LogP contribution >= 0.6 is 0 Å². The number of hydrogen-bond acceptors (Lipinski definition) is 4. The van der Waals surface area contributed by atoms with E-state index in [0.29, 0.717) is 11.6 Å². The van der Waals surface area contributed by atoms with Crippen LogP contribution in [0, 0.1) is 6.92 Å². The highest BCUT2D eigenvalue weighted by Gasteiger charge is 2.16. The molecule has 0 amide bonds. The zero-order valence-corrected chi connectivity index (χ0v) is 10.00. The van der Waals surface area contributed by atoms with Gasteiger partial charge in [0.2, 0.25) is 0 Å². The van der Waals surface area contributed by atoms with Gasteiger partial charge >= 0.3 is 0 Å². The summed E-state index contributed by atoms with van der Waals surface area (Å²) >= 11 is 0. The number of nitrogens with two attached hydrogens (primary N) is 1. The highest BCUT2D eigenvalue weighted by molar-refractivity contribution is 5.77. The van der Waals surface area contributed by atoms with E-state index >= 15 is 0 Å². The lowest BCUT2D eigenvalue weighted by Gasteiger charge is -2.06. The molecule has 0 spiro atoms. The van der Waals surface area contributed by atoms with E-state index in [-0.39, 0.29) is 0 Å². The van der Waals surface area contributed by atoms with Crippen molar-refractivity contribution in [2.75, 3.05) is 0 Å². The van der Waals surface area contributed by atoms with Crippen molar-refractivity contribution >= 4 is 11.0 Å². The molecule has 3 aromatic rings. The van der Waals surface area contributed by atoms with Gasteiger partial charge in [-0.05, 0) is 24.6 Å². The summed E-state index contributed by atoms with van der Waals surface area (Å²) in [7, 11) is 0. The smallest absolute Gasteiger partial charge is 0.152 e. The first kappa shape index (κ1) is 10.9. The molecule has 1 aromatic carbocycles. The van der Waals surface area contributed by atoms with Gasteiger partial charge in [0, 0.05) is 17.8 Å². The Kier molecular flexibility index (Phi) is 2.57. The first-order valence-electron chi connectivity index (χ1n) is 5.76. The van der Waals surface area contributed by atoms with Crippen LogP contribution in [0.3, 0.4) is 0 Å². The Labute approximate surface area is 104 Å². The zero-order valence-electron chi connectivity index (χ0n) is 10.00. The van der Waals surface area contributed by atoms with E-state index in [1.165, 1.54) is 0 Å². The standard InChI is InChI=1S/C14H13N3O/c1-9-7-16-14(17-8-9)13(15)12-6-10-4-2-3-5-11(10)18-12/h2-8,13H,15H2,1H3. The lowest BCUT2D eigenvalue weighted by atomic mass is 10.2. The minimum absolute atomic E-state index is 0.432. The Morgan fingerprint density at radius 3 is 2.61 bits per heavy atom. The first-order chi connectivity index (χ1) is 8.74. The summed E-state index contributed by atoms with van der Waals surface area (Å²) in [4.78, 5) is 8.46. The number of benzene rings is 1. The molecule has 1 unspecified atom stereocenters. The molecule has 0 saturated carbocycles. The van der Waals surface area contributed by atoms with Crippen LogP contribution in [0.5, 0.6) is 0 Å². The van der Waals surface area contributed by atoms with Gasteiger partial charge in [-0.1, -0.05) is 18.2 Å². The SMILES string of the molecule is Cc1cnc(C(N)c2cc3ccccc3o2)nc1. The van der Waals surface area contributed by atoms with E-state index in [4.69, 9.17) is 10.2 Å². The van der Waals surface area contributed by atoms with Crippen molar-refractivity contribution in [3.05, 3.63) is 59.9 Å². The number of fused-ring (bicyclic) bond motifs is 1. The normalized spacial score (nSPS) is 12.8. The maximum Gasteiger partial charge on any atom is 0.152 e. The minimum atomic E-state index is -0.432. The van der Waals surface area contributed by atoms with Gasteiger partial charge in [-0.2, -0.15) is 0 Å². The number of para-hydroxylation sites is 1. The third-order valence-electron chi connectivity index (χ3n) is 2.83. The average molecular weight is 239 g/mol. The number of furan rings is 1. The van der Waals surface area contributed by atoms with Gasteiger partial charge < -0.3 is 10.2 Å². The Bertz CT molecular complexity index is 640. The predicted molar refractivity (Wildman–Crippen MR) is 69.0 cm³/mol. The quantitative estimate of drug-likeness (QED) is 0.746. The van der Waals surface area contributed by atoms with E-state index in [1.54, 1.807) is 12.4 Å². The summed E-state index contributed by atoms with van der Waals surface area (Å²) in [6, 6.07) is 9.31.